The Kier molecular flexibility index (Phi) is 5.70. The fraction of sp³-hybridized carbons (Fsp3) is 0.368. The summed E-state index contributed by atoms with van der Waals surface area (Å²) in [6.45, 7) is 3.74. The minimum absolute atomic E-state index is 0.176. The zero-order valence-electron chi connectivity index (χ0n) is 14.1. The monoisotopic (exact) mass is 338 g/mol. The highest BCUT2D eigenvalue weighted by atomic mass is 16.3. The van der Waals surface area contributed by atoms with Crippen LogP contribution >= 0.6 is 0 Å². The van der Waals surface area contributed by atoms with E-state index in [-0.39, 0.29) is 6.03 Å². The maximum absolute atomic E-state index is 11.8. The number of amides is 2. The molecule has 0 radical (unpaired) electrons. The average molecular weight is 338 g/mol. The summed E-state index contributed by atoms with van der Waals surface area (Å²) >= 11 is 0. The maximum Gasteiger partial charge on any atom is 0.315 e. The summed E-state index contributed by atoms with van der Waals surface area (Å²) < 4.78 is 5.18. The summed E-state index contributed by atoms with van der Waals surface area (Å²) in [6.07, 6.45) is 2.64. The number of hydrogen-bond donors (Lipinski definition) is 2. The summed E-state index contributed by atoms with van der Waals surface area (Å²) in [7, 11) is 0. The summed E-state index contributed by atoms with van der Waals surface area (Å²) in [5, 5.41) is 14.9. The number of nitriles is 1. The number of urea groups is 1. The van der Waals surface area contributed by atoms with Crippen LogP contribution in [0.25, 0.3) is 0 Å². The van der Waals surface area contributed by atoms with E-state index < -0.39 is 0 Å². The maximum atomic E-state index is 11.8. The number of likely N-dealkylation sites (tertiary alicyclic amines) is 1. The van der Waals surface area contributed by atoms with Gasteiger partial charge < -0.3 is 15.1 Å². The first-order valence-corrected chi connectivity index (χ1v) is 8.49. The van der Waals surface area contributed by atoms with E-state index in [9.17, 15) is 10.1 Å². The van der Waals surface area contributed by atoms with E-state index in [2.05, 4.69) is 21.6 Å². The predicted molar refractivity (Wildman–Crippen MR) is 93.5 cm³/mol. The van der Waals surface area contributed by atoms with Crippen molar-refractivity contribution in [3.63, 3.8) is 0 Å². The van der Waals surface area contributed by atoms with Gasteiger partial charge in [0.15, 0.2) is 0 Å². The van der Waals surface area contributed by atoms with Crippen molar-refractivity contribution >= 4 is 6.03 Å². The lowest BCUT2D eigenvalue weighted by molar-refractivity contribution is 0.237. The molecule has 2 N–H and O–H groups in total. The van der Waals surface area contributed by atoms with Gasteiger partial charge in [-0.1, -0.05) is 18.2 Å². The van der Waals surface area contributed by atoms with Crippen LogP contribution < -0.4 is 10.6 Å². The molecule has 1 unspecified atom stereocenters. The molecule has 6 heteroatoms. The molecule has 1 aromatic heterocycles. The summed E-state index contributed by atoms with van der Waals surface area (Å²) in [5.41, 5.74) is 1.80. The number of nitrogens with zero attached hydrogens (tertiary/aromatic N) is 2. The van der Waals surface area contributed by atoms with Crippen LogP contribution in [0.4, 0.5) is 4.79 Å². The summed E-state index contributed by atoms with van der Waals surface area (Å²) in [5.74, 6) is 1.17. The Labute approximate surface area is 147 Å². The van der Waals surface area contributed by atoms with Gasteiger partial charge in [0.25, 0.3) is 0 Å². The molecule has 1 aromatic carbocycles. The minimum atomic E-state index is -0.176. The van der Waals surface area contributed by atoms with Gasteiger partial charge in [-0.25, -0.2) is 4.79 Å². The van der Waals surface area contributed by atoms with E-state index in [4.69, 9.17) is 4.42 Å². The van der Waals surface area contributed by atoms with Crippen molar-refractivity contribution in [2.45, 2.75) is 19.5 Å². The Morgan fingerprint density at radius 1 is 1.28 bits per heavy atom. The number of furan rings is 1. The van der Waals surface area contributed by atoms with Gasteiger partial charge in [-0.15, -0.1) is 0 Å². The Morgan fingerprint density at radius 2 is 2.16 bits per heavy atom. The smallest absolute Gasteiger partial charge is 0.315 e. The highest BCUT2D eigenvalue weighted by Gasteiger charge is 2.23. The van der Waals surface area contributed by atoms with Crippen LogP contribution in [0.3, 0.4) is 0 Å². The molecule has 0 spiro atoms. The summed E-state index contributed by atoms with van der Waals surface area (Å²) in [6, 6.07) is 13.4. The van der Waals surface area contributed by atoms with Crippen molar-refractivity contribution in [1.29, 1.82) is 5.26 Å². The molecule has 1 saturated heterocycles. The lowest BCUT2D eigenvalue weighted by Crippen LogP contribution is -2.38. The molecular weight excluding hydrogens is 316 g/mol. The fourth-order valence-corrected chi connectivity index (χ4v) is 3.11. The van der Waals surface area contributed by atoms with E-state index in [1.165, 1.54) is 0 Å². The highest BCUT2D eigenvalue weighted by molar-refractivity contribution is 5.73. The molecule has 2 amide bonds. The number of hydrogen-bond acceptors (Lipinski definition) is 4. The zero-order chi connectivity index (χ0) is 17.5. The van der Waals surface area contributed by atoms with E-state index in [1.54, 1.807) is 12.3 Å². The first-order valence-electron chi connectivity index (χ1n) is 8.49. The Hall–Kier alpha value is -2.78. The van der Waals surface area contributed by atoms with Crippen LogP contribution in [-0.4, -0.2) is 30.6 Å². The first-order chi connectivity index (χ1) is 12.2. The van der Waals surface area contributed by atoms with Gasteiger partial charge in [0.2, 0.25) is 0 Å². The molecule has 6 nitrogen and oxygen atoms in total. The van der Waals surface area contributed by atoms with Crippen molar-refractivity contribution < 1.29 is 9.21 Å². The molecule has 2 aromatic rings. The zero-order valence-corrected chi connectivity index (χ0v) is 14.1. The molecule has 0 aliphatic carbocycles. The molecule has 130 valence electrons. The van der Waals surface area contributed by atoms with Crippen LogP contribution in [0.15, 0.2) is 47.1 Å². The molecule has 0 saturated carbocycles. The van der Waals surface area contributed by atoms with Crippen LogP contribution in [0, 0.1) is 17.2 Å². The normalized spacial score (nSPS) is 17.2. The average Bonchev–Trinajstić information content (AvgIpc) is 3.30. The fourth-order valence-electron chi connectivity index (χ4n) is 3.11. The Balaban J connectivity index is 1.39. The Morgan fingerprint density at radius 3 is 2.96 bits per heavy atom. The SMILES string of the molecule is N#Cc1ccccc1CN1CCC(CNC(=O)NCc2ccco2)C1. The lowest BCUT2D eigenvalue weighted by Gasteiger charge is -2.17. The van der Waals surface area contributed by atoms with Crippen LogP contribution in [-0.2, 0) is 13.1 Å². The lowest BCUT2D eigenvalue weighted by atomic mass is 10.1. The molecule has 1 aliphatic heterocycles. The largest absolute Gasteiger partial charge is 0.467 e. The third-order valence-corrected chi connectivity index (χ3v) is 4.46. The second kappa shape index (κ2) is 8.36. The van der Waals surface area contributed by atoms with Gasteiger partial charge in [0.1, 0.15) is 5.76 Å². The first kappa shape index (κ1) is 17.1. The Bertz CT molecular complexity index is 736. The third-order valence-electron chi connectivity index (χ3n) is 4.46. The second-order valence-electron chi connectivity index (χ2n) is 6.30. The van der Waals surface area contributed by atoms with Crippen LogP contribution in [0.1, 0.15) is 23.3 Å². The minimum Gasteiger partial charge on any atom is -0.467 e. The van der Waals surface area contributed by atoms with Gasteiger partial charge in [0.05, 0.1) is 24.4 Å². The third kappa shape index (κ3) is 4.85. The molecule has 2 heterocycles. The van der Waals surface area contributed by atoms with E-state index in [0.29, 0.717) is 19.0 Å². The molecule has 25 heavy (non-hydrogen) atoms. The molecule has 1 atom stereocenters. The molecular formula is C19H22N4O2. The van der Waals surface area contributed by atoms with Gasteiger partial charge in [-0.2, -0.15) is 5.26 Å². The quantitative estimate of drug-likeness (QED) is 0.848. The number of nitrogens with one attached hydrogen (secondary N) is 2. The van der Waals surface area contributed by atoms with Crippen molar-refractivity contribution in [3.8, 4) is 6.07 Å². The van der Waals surface area contributed by atoms with Crippen LogP contribution in [0.5, 0.6) is 0 Å². The topological polar surface area (TPSA) is 81.3 Å². The number of rotatable bonds is 6. The molecule has 1 fully saturated rings. The highest BCUT2D eigenvalue weighted by Crippen LogP contribution is 2.19. The van der Waals surface area contributed by atoms with Crippen LogP contribution in [0.2, 0.25) is 0 Å². The van der Waals surface area contributed by atoms with Crippen molar-refractivity contribution in [2.24, 2.45) is 5.92 Å². The van der Waals surface area contributed by atoms with E-state index in [0.717, 1.165) is 42.9 Å². The van der Waals surface area contributed by atoms with Gasteiger partial charge in [0, 0.05) is 19.6 Å². The van der Waals surface area contributed by atoms with Crippen molar-refractivity contribution in [3.05, 3.63) is 59.5 Å². The molecule has 0 bridgehead atoms. The number of carbonyl (C=O) groups excluding carboxylic acids is 1. The standard InChI is InChI=1S/C19H22N4O2/c20-10-16-4-1-2-5-17(16)14-23-8-7-15(13-23)11-21-19(24)22-12-18-6-3-9-25-18/h1-6,9,15H,7-8,11-14H2,(H2,21,22,24). The summed E-state index contributed by atoms with van der Waals surface area (Å²) in [4.78, 5) is 14.2. The molecule has 1 aliphatic rings. The number of carbonyl (C=O) groups is 1. The van der Waals surface area contributed by atoms with Crippen molar-refractivity contribution in [2.75, 3.05) is 19.6 Å². The van der Waals surface area contributed by atoms with Gasteiger partial charge in [-0.3, -0.25) is 4.90 Å². The second-order valence-corrected chi connectivity index (χ2v) is 6.30. The van der Waals surface area contributed by atoms with E-state index in [1.807, 2.05) is 30.3 Å². The van der Waals surface area contributed by atoms with Gasteiger partial charge in [-0.05, 0) is 42.6 Å². The predicted octanol–water partition coefficient (Wildman–Crippen LogP) is 2.47. The number of benzene rings is 1. The van der Waals surface area contributed by atoms with E-state index >= 15 is 0 Å². The van der Waals surface area contributed by atoms with Gasteiger partial charge >= 0.3 is 6.03 Å². The molecule has 3 rings (SSSR count). The van der Waals surface area contributed by atoms with Crippen molar-refractivity contribution in [1.82, 2.24) is 15.5 Å².